The number of halogens is 3. The summed E-state index contributed by atoms with van der Waals surface area (Å²) in [6.07, 6.45) is 1.35. The van der Waals surface area contributed by atoms with Crippen molar-refractivity contribution in [2.24, 2.45) is 5.10 Å². The molecule has 0 saturated heterocycles. The predicted molar refractivity (Wildman–Crippen MR) is 97.0 cm³/mol. The predicted octanol–water partition coefficient (Wildman–Crippen LogP) is 0.939. The van der Waals surface area contributed by atoms with Gasteiger partial charge in [-0.3, -0.25) is 19.9 Å². The highest BCUT2D eigenvalue weighted by atomic mass is 35.5. The Kier molecular flexibility index (Phi) is 5.99. The number of hydrogen-bond acceptors (Lipinski definition) is 9. The minimum atomic E-state index is -3.18. The molecule has 2 aromatic rings. The van der Waals surface area contributed by atoms with E-state index >= 15 is 0 Å². The number of amides is 2. The second kappa shape index (κ2) is 8.62. The van der Waals surface area contributed by atoms with Crippen molar-refractivity contribution in [2.75, 3.05) is 12.4 Å². The van der Waals surface area contributed by atoms with Crippen molar-refractivity contribution in [3.8, 4) is 5.75 Å². The van der Waals surface area contributed by atoms with Crippen LogP contribution in [0.4, 0.5) is 14.5 Å². The van der Waals surface area contributed by atoms with Gasteiger partial charge in [0.15, 0.2) is 11.4 Å². The van der Waals surface area contributed by atoms with Gasteiger partial charge in [-0.15, -0.1) is 15.7 Å². The van der Waals surface area contributed by atoms with Crippen molar-refractivity contribution in [1.29, 1.82) is 0 Å². The zero-order valence-corrected chi connectivity index (χ0v) is 15.4. The number of hydrogen-bond donors (Lipinski definition) is 4. The molecule has 0 fully saturated rings. The van der Waals surface area contributed by atoms with Gasteiger partial charge in [-0.1, -0.05) is 11.6 Å². The van der Waals surface area contributed by atoms with Crippen molar-refractivity contribution in [1.82, 2.24) is 31.6 Å². The van der Waals surface area contributed by atoms with Crippen LogP contribution in [0.25, 0.3) is 0 Å². The molecular formula is C15H13ClF2N8O3. The first-order chi connectivity index (χ1) is 13.9. The van der Waals surface area contributed by atoms with Crippen LogP contribution in [0.5, 0.6) is 5.75 Å². The first-order valence-electron chi connectivity index (χ1n) is 7.86. The second-order valence-corrected chi connectivity index (χ2v) is 5.79. The van der Waals surface area contributed by atoms with Gasteiger partial charge in [0.2, 0.25) is 5.96 Å². The van der Waals surface area contributed by atoms with Crippen molar-refractivity contribution in [2.45, 2.75) is 6.61 Å². The Labute approximate surface area is 167 Å². The van der Waals surface area contributed by atoms with Gasteiger partial charge in [-0.2, -0.15) is 13.9 Å². The number of aromatic nitrogens is 2. The molecule has 1 aliphatic rings. The zero-order chi connectivity index (χ0) is 21.0. The van der Waals surface area contributed by atoms with E-state index in [-0.39, 0.29) is 27.9 Å². The molecule has 0 spiro atoms. The number of carbonyl (C=O) groups is 2. The lowest BCUT2D eigenvalue weighted by molar-refractivity contribution is -0.0493. The van der Waals surface area contributed by atoms with Crippen LogP contribution in [0.2, 0.25) is 5.02 Å². The lowest BCUT2D eigenvalue weighted by Crippen LogP contribution is -2.45. The number of nitrogens with one attached hydrogen (secondary N) is 4. The van der Waals surface area contributed by atoms with Crippen molar-refractivity contribution >= 4 is 35.1 Å². The highest BCUT2D eigenvalue weighted by Crippen LogP contribution is 2.36. The molecule has 0 unspecified atom stereocenters. The average molecular weight is 427 g/mol. The summed E-state index contributed by atoms with van der Waals surface area (Å²) in [5.41, 5.74) is 4.47. The smallest absolute Gasteiger partial charge is 0.387 e. The molecule has 2 amide bonds. The number of nitrogens with zero attached hydrogens (tertiary/aromatic N) is 4. The van der Waals surface area contributed by atoms with Crippen LogP contribution in [-0.4, -0.2) is 46.6 Å². The molecule has 0 bridgehead atoms. The molecule has 1 aliphatic heterocycles. The Bertz CT molecular complexity index is 960. The summed E-state index contributed by atoms with van der Waals surface area (Å²) in [5, 5.41) is 16.8. The number of carbonyl (C=O) groups excluding carboxylic acids is 2. The summed E-state index contributed by atoms with van der Waals surface area (Å²) in [6.45, 7) is -3.18. The number of alkyl halides is 2. The van der Waals surface area contributed by atoms with Crippen LogP contribution in [0.1, 0.15) is 20.8 Å². The van der Waals surface area contributed by atoms with E-state index in [2.05, 4.69) is 41.7 Å². The Morgan fingerprint density at radius 1 is 1.24 bits per heavy atom. The average Bonchev–Trinajstić information content (AvgIpc) is 3.09. The number of hydrazine groups is 2. The van der Waals surface area contributed by atoms with Crippen LogP contribution in [0.15, 0.2) is 35.6 Å². The molecule has 1 aromatic carbocycles. The van der Waals surface area contributed by atoms with Gasteiger partial charge in [-0.05, 0) is 24.3 Å². The van der Waals surface area contributed by atoms with Crippen LogP contribution in [-0.2, 0) is 0 Å². The molecule has 0 atom stereocenters. The van der Waals surface area contributed by atoms with Crippen molar-refractivity contribution in [3.05, 3.63) is 46.7 Å². The molecule has 152 valence electrons. The third-order valence-corrected chi connectivity index (χ3v) is 3.92. The SMILES string of the molecule is CN1NNN=C1NC(=O)c1ccc(OC(F)F)c(NC(=O)c2cccnn2)c1Cl. The van der Waals surface area contributed by atoms with Crippen LogP contribution in [0, 0.1) is 0 Å². The van der Waals surface area contributed by atoms with E-state index in [9.17, 15) is 18.4 Å². The van der Waals surface area contributed by atoms with Crippen LogP contribution in [0.3, 0.4) is 0 Å². The lowest BCUT2D eigenvalue weighted by Gasteiger charge is -2.17. The molecule has 3 rings (SSSR count). The quantitative estimate of drug-likeness (QED) is 0.555. The number of anilines is 1. The number of benzene rings is 1. The summed E-state index contributed by atoms with van der Waals surface area (Å²) in [5.74, 6) is -1.80. The Balaban J connectivity index is 1.92. The maximum Gasteiger partial charge on any atom is 0.387 e. The highest BCUT2D eigenvalue weighted by Gasteiger charge is 2.24. The third kappa shape index (κ3) is 4.64. The monoisotopic (exact) mass is 426 g/mol. The fraction of sp³-hybridized carbons (Fsp3) is 0.133. The highest BCUT2D eigenvalue weighted by molar-refractivity contribution is 6.37. The van der Waals surface area contributed by atoms with Crippen LogP contribution >= 0.6 is 11.6 Å². The second-order valence-electron chi connectivity index (χ2n) is 5.41. The Hall–Kier alpha value is -3.58. The molecular weight excluding hydrogens is 414 g/mol. The third-order valence-electron chi connectivity index (χ3n) is 3.53. The van der Waals surface area contributed by atoms with E-state index < -0.39 is 24.2 Å². The number of guanidine groups is 1. The maximum atomic E-state index is 12.8. The van der Waals surface area contributed by atoms with E-state index in [0.717, 1.165) is 6.07 Å². The van der Waals surface area contributed by atoms with Gasteiger partial charge >= 0.3 is 6.61 Å². The fourth-order valence-electron chi connectivity index (χ4n) is 2.21. The summed E-state index contributed by atoms with van der Waals surface area (Å²) < 4.78 is 29.9. The lowest BCUT2D eigenvalue weighted by atomic mass is 10.1. The topological polar surface area (TPSA) is 133 Å². The molecule has 2 heterocycles. The first kappa shape index (κ1) is 20.2. The normalized spacial score (nSPS) is 13.0. The zero-order valence-electron chi connectivity index (χ0n) is 14.6. The Morgan fingerprint density at radius 3 is 2.66 bits per heavy atom. The summed E-state index contributed by atoms with van der Waals surface area (Å²) >= 11 is 6.22. The Morgan fingerprint density at radius 2 is 2.03 bits per heavy atom. The van der Waals surface area contributed by atoms with E-state index in [4.69, 9.17) is 11.6 Å². The minimum absolute atomic E-state index is 0.0968. The largest absolute Gasteiger partial charge is 0.433 e. The van der Waals surface area contributed by atoms with Gasteiger partial charge in [0.05, 0.1) is 10.6 Å². The van der Waals surface area contributed by atoms with Crippen molar-refractivity contribution < 1.29 is 23.1 Å². The van der Waals surface area contributed by atoms with E-state index in [1.165, 1.54) is 29.4 Å². The number of hydrazone groups is 1. The number of ether oxygens (including phenoxy) is 1. The van der Waals surface area contributed by atoms with Crippen molar-refractivity contribution in [3.63, 3.8) is 0 Å². The van der Waals surface area contributed by atoms with E-state index in [1.807, 2.05) is 0 Å². The standard InChI is InChI=1S/C15H13ClF2N8O3/c1-26-15(23-24-25-26)21-12(27)7-4-5-9(29-14(17)18)11(10(7)16)20-13(28)8-3-2-6-19-22-8/h2-6,14,24-25H,1H3,(H,20,28)(H,21,23,27). The molecule has 1 aromatic heterocycles. The van der Waals surface area contributed by atoms with Gasteiger partial charge in [0, 0.05) is 13.2 Å². The maximum absolute atomic E-state index is 12.8. The minimum Gasteiger partial charge on any atom is -0.433 e. The first-order valence-corrected chi connectivity index (χ1v) is 8.24. The van der Waals surface area contributed by atoms with Gasteiger partial charge in [0.25, 0.3) is 11.8 Å². The summed E-state index contributed by atoms with van der Waals surface area (Å²) in [4.78, 5) is 24.9. The molecule has 0 aliphatic carbocycles. The molecule has 0 radical (unpaired) electrons. The van der Waals surface area contributed by atoms with Gasteiger partial charge in [-0.25, -0.2) is 5.53 Å². The fourth-order valence-corrected chi connectivity index (χ4v) is 2.50. The summed E-state index contributed by atoms with van der Waals surface area (Å²) in [7, 11) is 1.58. The van der Waals surface area contributed by atoms with Crippen LogP contribution < -0.4 is 26.4 Å². The number of rotatable bonds is 5. The molecule has 4 N–H and O–H groups in total. The van der Waals surface area contributed by atoms with E-state index in [1.54, 1.807) is 7.05 Å². The molecule has 11 nitrogen and oxygen atoms in total. The molecule has 14 heteroatoms. The molecule has 0 saturated carbocycles. The van der Waals surface area contributed by atoms with E-state index in [0.29, 0.717) is 0 Å². The van der Waals surface area contributed by atoms with Gasteiger partial charge in [0.1, 0.15) is 5.69 Å². The molecule has 29 heavy (non-hydrogen) atoms. The summed E-state index contributed by atoms with van der Waals surface area (Å²) in [6, 6.07) is 5.07. The van der Waals surface area contributed by atoms with Gasteiger partial charge < -0.3 is 10.1 Å².